The molecule has 0 fully saturated rings. The third kappa shape index (κ3) is 6.09. The molecular weight excluding hydrogens is 491 g/mol. The SMILES string of the molecule is CCc1cccc(CC)c1NC(N)=NCc1ccc(NC(=O)c2ccco2)cc1.I. The van der Waals surface area contributed by atoms with Crippen molar-refractivity contribution in [1.82, 2.24) is 0 Å². The number of benzene rings is 2. The summed E-state index contributed by atoms with van der Waals surface area (Å²) in [5.74, 6) is 0.377. The third-order valence-corrected chi connectivity index (χ3v) is 4.64. The highest BCUT2D eigenvalue weighted by atomic mass is 127. The molecule has 0 aliphatic heterocycles. The Morgan fingerprint density at radius 3 is 2.20 bits per heavy atom. The van der Waals surface area contributed by atoms with Crippen LogP contribution in [0.25, 0.3) is 0 Å². The highest BCUT2D eigenvalue weighted by Gasteiger charge is 2.09. The summed E-state index contributed by atoms with van der Waals surface area (Å²) in [6, 6.07) is 17.1. The number of rotatable bonds is 7. The molecule has 0 saturated carbocycles. The molecule has 3 rings (SSSR count). The van der Waals surface area contributed by atoms with Crippen molar-refractivity contribution in [3.63, 3.8) is 0 Å². The standard InChI is InChI=1S/C23H26N4O2.HI/c1-3-17-7-5-8-18(4-2)21(17)27-23(24)25-15-16-10-12-19(13-11-16)26-22(28)20-9-6-14-29-20;/h5-14H,3-4,15H2,1-2H3,(H,26,28)(H3,24,25,27);1H. The number of anilines is 2. The predicted octanol–water partition coefficient (Wildman–Crippen LogP) is 5.20. The minimum atomic E-state index is -0.282. The average Bonchev–Trinajstić information content (AvgIpc) is 3.28. The van der Waals surface area contributed by atoms with E-state index in [1.54, 1.807) is 12.1 Å². The molecule has 0 aliphatic rings. The zero-order valence-electron chi connectivity index (χ0n) is 17.1. The van der Waals surface area contributed by atoms with Gasteiger partial charge < -0.3 is 20.8 Å². The fraction of sp³-hybridized carbons (Fsp3) is 0.217. The van der Waals surface area contributed by atoms with Crippen molar-refractivity contribution >= 4 is 47.2 Å². The Balaban J connectivity index is 0.00000320. The van der Waals surface area contributed by atoms with Crippen LogP contribution < -0.4 is 16.4 Å². The first kappa shape index (κ1) is 23.5. The summed E-state index contributed by atoms with van der Waals surface area (Å²) in [7, 11) is 0. The van der Waals surface area contributed by atoms with E-state index in [0.717, 1.165) is 24.1 Å². The average molecular weight is 518 g/mol. The Kier molecular flexibility index (Phi) is 8.91. The zero-order valence-corrected chi connectivity index (χ0v) is 19.5. The number of carbonyl (C=O) groups is 1. The van der Waals surface area contributed by atoms with E-state index in [2.05, 4.69) is 47.7 Å². The number of aliphatic imine (C=N–C) groups is 1. The van der Waals surface area contributed by atoms with Gasteiger partial charge >= 0.3 is 0 Å². The van der Waals surface area contributed by atoms with Crippen LogP contribution >= 0.6 is 24.0 Å². The van der Waals surface area contributed by atoms with Gasteiger partial charge in [0, 0.05) is 11.4 Å². The van der Waals surface area contributed by atoms with Gasteiger partial charge in [0.15, 0.2) is 11.7 Å². The van der Waals surface area contributed by atoms with Crippen LogP contribution in [-0.2, 0) is 19.4 Å². The normalized spacial score (nSPS) is 10.9. The first-order chi connectivity index (χ1) is 14.1. The number of nitrogens with two attached hydrogens (primary N) is 1. The molecule has 0 aliphatic carbocycles. The maximum atomic E-state index is 12.0. The number of carbonyl (C=O) groups excluding carboxylic acids is 1. The molecule has 0 spiro atoms. The number of nitrogens with zero attached hydrogens (tertiary/aromatic N) is 1. The molecule has 2 aromatic carbocycles. The third-order valence-electron chi connectivity index (χ3n) is 4.64. The number of hydrogen-bond donors (Lipinski definition) is 3. The lowest BCUT2D eigenvalue weighted by Gasteiger charge is -2.14. The summed E-state index contributed by atoms with van der Waals surface area (Å²) in [6.45, 7) is 4.69. The lowest BCUT2D eigenvalue weighted by Crippen LogP contribution is -2.24. The molecular formula is C23H27IN4O2. The highest BCUT2D eigenvalue weighted by molar-refractivity contribution is 14.0. The smallest absolute Gasteiger partial charge is 0.291 e. The second-order valence-electron chi connectivity index (χ2n) is 6.61. The molecule has 0 atom stereocenters. The first-order valence-corrected chi connectivity index (χ1v) is 9.72. The summed E-state index contributed by atoms with van der Waals surface area (Å²) in [6.07, 6.45) is 3.32. The Labute approximate surface area is 194 Å². The summed E-state index contributed by atoms with van der Waals surface area (Å²) >= 11 is 0. The molecule has 1 heterocycles. The lowest BCUT2D eigenvalue weighted by atomic mass is 10.0. The van der Waals surface area contributed by atoms with Gasteiger partial charge in [-0.1, -0.05) is 44.2 Å². The van der Waals surface area contributed by atoms with Gasteiger partial charge in [-0.05, 0) is 53.8 Å². The molecule has 0 unspecified atom stereocenters. The Morgan fingerprint density at radius 1 is 0.967 bits per heavy atom. The topological polar surface area (TPSA) is 92.6 Å². The van der Waals surface area contributed by atoms with Crippen LogP contribution in [0.3, 0.4) is 0 Å². The highest BCUT2D eigenvalue weighted by Crippen LogP contribution is 2.22. The van der Waals surface area contributed by atoms with Crippen molar-refractivity contribution < 1.29 is 9.21 Å². The molecule has 3 aromatic rings. The quantitative estimate of drug-likeness (QED) is 0.228. The van der Waals surface area contributed by atoms with Gasteiger partial charge in [0.2, 0.25) is 0 Å². The van der Waals surface area contributed by atoms with Crippen LogP contribution in [0.15, 0.2) is 70.3 Å². The van der Waals surface area contributed by atoms with E-state index >= 15 is 0 Å². The van der Waals surface area contributed by atoms with Crippen molar-refractivity contribution in [2.75, 3.05) is 10.6 Å². The molecule has 6 nitrogen and oxygen atoms in total. The summed E-state index contributed by atoms with van der Waals surface area (Å²) in [5.41, 5.74) is 11.3. The fourth-order valence-electron chi connectivity index (χ4n) is 3.04. The van der Waals surface area contributed by atoms with Gasteiger partial charge in [-0.2, -0.15) is 0 Å². The minimum Gasteiger partial charge on any atom is -0.459 e. The van der Waals surface area contributed by atoms with Crippen LogP contribution in [0.1, 0.15) is 41.1 Å². The number of furan rings is 1. The van der Waals surface area contributed by atoms with Crippen molar-refractivity contribution in [2.45, 2.75) is 33.2 Å². The Morgan fingerprint density at radius 2 is 1.63 bits per heavy atom. The van der Waals surface area contributed by atoms with E-state index in [1.807, 2.05) is 24.3 Å². The second-order valence-corrected chi connectivity index (χ2v) is 6.61. The van der Waals surface area contributed by atoms with Crippen LogP contribution in [-0.4, -0.2) is 11.9 Å². The van der Waals surface area contributed by atoms with Gasteiger partial charge in [0.25, 0.3) is 5.91 Å². The van der Waals surface area contributed by atoms with Crippen LogP contribution in [0.5, 0.6) is 0 Å². The van der Waals surface area contributed by atoms with Crippen molar-refractivity contribution in [1.29, 1.82) is 0 Å². The number of amides is 1. The van der Waals surface area contributed by atoms with Crippen LogP contribution in [0.2, 0.25) is 0 Å². The van der Waals surface area contributed by atoms with Gasteiger partial charge in [-0.15, -0.1) is 24.0 Å². The molecule has 158 valence electrons. The maximum Gasteiger partial charge on any atom is 0.291 e. The molecule has 4 N–H and O–H groups in total. The van der Waals surface area contributed by atoms with E-state index in [0.29, 0.717) is 18.2 Å². The Hall–Kier alpha value is -2.81. The van der Waals surface area contributed by atoms with E-state index in [4.69, 9.17) is 10.2 Å². The number of halogens is 1. The predicted molar refractivity (Wildman–Crippen MR) is 133 cm³/mol. The van der Waals surface area contributed by atoms with Gasteiger partial charge in [0.05, 0.1) is 12.8 Å². The van der Waals surface area contributed by atoms with E-state index in [-0.39, 0.29) is 35.6 Å². The molecule has 0 bridgehead atoms. The summed E-state index contributed by atoms with van der Waals surface area (Å²) in [5, 5.41) is 6.05. The molecule has 7 heteroatoms. The molecule has 1 amide bonds. The summed E-state index contributed by atoms with van der Waals surface area (Å²) in [4.78, 5) is 16.5. The van der Waals surface area contributed by atoms with Crippen molar-refractivity contribution in [3.8, 4) is 0 Å². The van der Waals surface area contributed by atoms with E-state index in [1.165, 1.54) is 17.4 Å². The molecule has 1 aromatic heterocycles. The monoisotopic (exact) mass is 518 g/mol. The summed E-state index contributed by atoms with van der Waals surface area (Å²) < 4.78 is 5.09. The second kappa shape index (κ2) is 11.4. The number of guanidine groups is 1. The van der Waals surface area contributed by atoms with Crippen LogP contribution in [0.4, 0.5) is 11.4 Å². The molecule has 30 heavy (non-hydrogen) atoms. The maximum absolute atomic E-state index is 12.0. The van der Waals surface area contributed by atoms with Gasteiger partial charge in [-0.25, -0.2) is 4.99 Å². The van der Waals surface area contributed by atoms with Gasteiger partial charge in [-0.3, -0.25) is 4.79 Å². The number of nitrogens with one attached hydrogen (secondary N) is 2. The van der Waals surface area contributed by atoms with E-state index in [9.17, 15) is 4.79 Å². The first-order valence-electron chi connectivity index (χ1n) is 9.72. The minimum absolute atomic E-state index is 0. The fourth-order valence-corrected chi connectivity index (χ4v) is 3.04. The number of hydrogen-bond acceptors (Lipinski definition) is 3. The van der Waals surface area contributed by atoms with E-state index < -0.39 is 0 Å². The van der Waals surface area contributed by atoms with Crippen molar-refractivity contribution in [3.05, 3.63) is 83.3 Å². The Bertz CT molecular complexity index is 961. The molecule has 0 radical (unpaired) electrons. The number of aryl methyl sites for hydroxylation is 2. The lowest BCUT2D eigenvalue weighted by molar-refractivity contribution is 0.0996. The zero-order chi connectivity index (χ0) is 20.6. The molecule has 0 saturated heterocycles. The largest absolute Gasteiger partial charge is 0.459 e. The van der Waals surface area contributed by atoms with Crippen molar-refractivity contribution in [2.24, 2.45) is 10.7 Å². The number of para-hydroxylation sites is 1. The van der Waals surface area contributed by atoms with Crippen LogP contribution in [0, 0.1) is 0 Å². The van der Waals surface area contributed by atoms with Gasteiger partial charge in [0.1, 0.15) is 0 Å².